The van der Waals surface area contributed by atoms with E-state index in [9.17, 15) is 4.79 Å². The van der Waals surface area contributed by atoms with Crippen LogP contribution in [0.3, 0.4) is 0 Å². The maximum atomic E-state index is 12.4. The fourth-order valence-corrected chi connectivity index (χ4v) is 4.53. The first-order valence-electron chi connectivity index (χ1n) is 8.06. The van der Waals surface area contributed by atoms with Gasteiger partial charge in [0.25, 0.3) is 0 Å². The molecule has 0 fully saturated rings. The Morgan fingerprint density at radius 1 is 1.42 bits per heavy atom. The molecule has 1 unspecified atom stereocenters. The predicted octanol–water partition coefficient (Wildman–Crippen LogP) is 3.55. The number of fused-ring (bicyclic) bond motifs is 3. The van der Waals surface area contributed by atoms with E-state index in [4.69, 9.17) is 7.42 Å². The molecule has 0 aliphatic carbocycles. The molecular weight excluding hydrogens is 519 g/mol. The van der Waals surface area contributed by atoms with Crippen molar-refractivity contribution < 1.29 is 12.2 Å². The van der Waals surface area contributed by atoms with E-state index in [-0.39, 0.29) is 12.2 Å². The van der Waals surface area contributed by atoms with E-state index in [2.05, 4.69) is 9.55 Å². The van der Waals surface area contributed by atoms with Crippen LogP contribution >= 0.6 is 11.3 Å². The minimum atomic E-state index is -0.494. The van der Waals surface area contributed by atoms with Gasteiger partial charge in [-0.05, 0) is 0 Å². The average molecular weight is 543 g/mol. The van der Waals surface area contributed by atoms with E-state index < -0.39 is 5.60 Å². The Labute approximate surface area is 163 Å². The quantitative estimate of drug-likeness (QED) is 0.517. The van der Waals surface area contributed by atoms with Gasteiger partial charge in [-0.25, -0.2) is 0 Å². The number of hydrogen-bond donors (Lipinski definition) is 0. The molecule has 130 valence electrons. The summed E-state index contributed by atoms with van der Waals surface area (Å²) >= 11 is 2.04. The zero-order valence-electron chi connectivity index (χ0n) is 15.1. The molecule has 3 rings (SSSR count). The van der Waals surface area contributed by atoms with Crippen LogP contribution in [0.4, 0.5) is 4.79 Å². The van der Waals surface area contributed by atoms with Crippen LogP contribution in [0.25, 0.3) is 10.3 Å². The molecule has 0 saturated carbocycles. The number of nitrogens with zero attached hydrogens (tertiary/aromatic N) is 3. The number of aryl methyl sites for hydroxylation is 1. The second-order valence-electron chi connectivity index (χ2n) is 6.41. The molecule has 24 heavy (non-hydrogen) atoms. The van der Waals surface area contributed by atoms with Crippen LogP contribution < -0.4 is 0 Å². The number of aromatic nitrogens is 2. The monoisotopic (exact) mass is 543 g/mol. The van der Waals surface area contributed by atoms with Gasteiger partial charge >= 0.3 is 150 Å². The van der Waals surface area contributed by atoms with Crippen LogP contribution in [0.1, 0.15) is 52.0 Å². The summed E-state index contributed by atoms with van der Waals surface area (Å²) in [5.74, 6) is 0. The minimum absolute atomic E-state index is 0.0783. The number of ether oxygens (including phenoxy) is 1. The molecule has 3 heterocycles. The van der Waals surface area contributed by atoms with E-state index in [1.165, 1.54) is 10.3 Å². The fourth-order valence-electron chi connectivity index (χ4n) is 2.74. The SMILES string of the molecule is CC.Cn1c2c(c3scnc31)C([O][Tl])CN(C(=O)OC(C)(C)C)C2. The van der Waals surface area contributed by atoms with Crippen LogP contribution in [-0.2, 0) is 21.0 Å². The summed E-state index contributed by atoms with van der Waals surface area (Å²) in [5.41, 5.74) is 4.62. The number of rotatable bonds is 1. The van der Waals surface area contributed by atoms with Gasteiger partial charge in [0.2, 0.25) is 0 Å². The maximum absolute atomic E-state index is 12.4. The molecule has 2 aromatic heterocycles. The van der Waals surface area contributed by atoms with Crippen molar-refractivity contribution in [3.8, 4) is 0 Å². The summed E-state index contributed by atoms with van der Waals surface area (Å²) in [6, 6.07) is 0. The molecule has 0 bridgehead atoms. The molecule has 6 nitrogen and oxygen atoms in total. The summed E-state index contributed by atoms with van der Waals surface area (Å²) in [6.07, 6.45) is -0.367. The first-order valence-corrected chi connectivity index (χ1v) is 10.8. The van der Waals surface area contributed by atoms with Crippen molar-refractivity contribution in [3.63, 3.8) is 0 Å². The third kappa shape index (κ3) is 3.77. The molecule has 8 heteroatoms. The van der Waals surface area contributed by atoms with Crippen molar-refractivity contribution in [2.75, 3.05) is 6.54 Å². The fraction of sp³-hybridized carbons (Fsp3) is 0.625. The Bertz CT molecular complexity index is 720. The molecule has 0 spiro atoms. The summed E-state index contributed by atoms with van der Waals surface area (Å²) in [5, 5.41) is 0. The first kappa shape index (κ1) is 19.6. The Kier molecular flexibility index (Phi) is 6.30. The first-order chi connectivity index (χ1) is 11.3. The van der Waals surface area contributed by atoms with Crippen LogP contribution in [0.2, 0.25) is 0 Å². The number of hydrogen-bond acceptors (Lipinski definition) is 5. The van der Waals surface area contributed by atoms with Gasteiger partial charge in [-0.1, -0.05) is 13.8 Å². The number of carbonyl (C=O) groups is 1. The molecule has 1 aliphatic heterocycles. The molecule has 2 aromatic rings. The van der Waals surface area contributed by atoms with Crippen molar-refractivity contribution >= 4 is 54.0 Å². The van der Waals surface area contributed by atoms with Gasteiger partial charge in [-0.3, -0.25) is 0 Å². The molecule has 0 radical (unpaired) electrons. The summed E-state index contributed by atoms with van der Waals surface area (Å²) in [6.45, 7) is 10.7. The van der Waals surface area contributed by atoms with Gasteiger partial charge in [-0.15, -0.1) is 0 Å². The van der Waals surface area contributed by atoms with Gasteiger partial charge in [0.05, 0.1) is 0 Å². The Hall–Kier alpha value is -0.678. The van der Waals surface area contributed by atoms with Crippen LogP contribution in [0, 0.1) is 0 Å². The number of thiazole rings is 1. The zero-order chi connectivity index (χ0) is 18.1. The van der Waals surface area contributed by atoms with Crippen LogP contribution in [0.15, 0.2) is 5.51 Å². The standard InChI is InChI=1S/C14H18N3O3S.C2H6.Tl/c1-14(2,3)20-13(19)17-5-8-10(9(18)6-17)11-12(16(8)4)15-7-21-11;1-2;/h7,9H,5-6H2,1-4H3;1-2H3;/q-1;;+1. The molecule has 1 amide bonds. The van der Waals surface area contributed by atoms with Crippen molar-refractivity contribution in [1.82, 2.24) is 14.5 Å². The second-order valence-corrected chi connectivity index (χ2v) is 8.32. The molecule has 0 N–H and O–H groups in total. The number of amides is 1. The normalized spacial score (nSPS) is 17.2. The van der Waals surface area contributed by atoms with E-state index >= 15 is 0 Å². The van der Waals surface area contributed by atoms with Gasteiger partial charge in [-0.2, -0.15) is 0 Å². The summed E-state index contributed by atoms with van der Waals surface area (Å²) < 4.78 is 14.5. The summed E-state index contributed by atoms with van der Waals surface area (Å²) in [4.78, 5) is 18.5. The van der Waals surface area contributed by atoms with E-state index in [1.807, 2.05) is 47.2 Å². The van der Waals surface area contributed by atoms with Crippen LogP contribution in [-0.4, -0.2) is 58.9 Å². The van der Waals surface area contributed by atoms with Gasteiger partial charge in [0.1, 0.15) is 0 Å². The van der Waals surface area contributed by atoms with E-state index in [0.29, 0.717) is 39.3 Å². The Morgan fingerprint density at radius 2 is 2.08 bits per heavy atom. The second kappa shape index (κ2) is 7.69. The Morgan fingerprint density at radius 3 is 2.67 bits per heavy atom. The molecule has 1 atom stereocenters. The third-order valence-corrected chi connectivity index (χ3v) is 5.82. The average Bonchev–Trinajstić information content (AvgIpc) is 3.10. The van der Waals surface area contributed by atoms with Crippen molar-refractivity contribution in [1.29, 1.82) is 0 Å². The van der Waals surface area contributed by atoms with E-state index in [1.54, 1.807) is 16.2 Å². The molecule has 0 saturated heterocycles. The van der Waals surface area contributed by atoms with Crippen molar-refractivity contribution in [2.45, 2.75) is 52.9 Å². The van der Waals surface area contributed by atoms with Gasteiger partial charge < -0.3 is 0 Å². The third-order valence-electron chi connectivity index (χ3n) is 3.69. The van der Waals surface area contributed by atoms with Crippen molar-refractivity contribution in [2.24, 2.45) is 7.05 Å². The molecular formula is C16H24N3O3STl. The van der Waals surface area contributed by atoms with Crippen molar-refractivity contribution in [3.05, 3.63) is 16.8 Å². The molecule has 1 aliphatic rings. The summed E-state index contributed by atoms with van der Waals surface area (Å²) in [7, 11) is 1.99. The van der Waals surface area contributed by atoms with E-state index in [0.717, 1.165) is 11.3 Å². The van der Waals surface area contributed by atoms with Gasteiger partial charge in [0.15, 0.2) is 0 Å². The van der Waals surface area contributed by atoms with Crippen LogP contribution in [0.5, 0.6) is 0 Å². The zero-order valence-corrected chi connectivity index (χ0v) is 20.4. The number of carbonyl (C=O) groups excluding carboxylic acids is 1. The predicted molar refractivity (Wildman–Crippen MR) is 96.2 cm³/mol. The Balaban J connectivity index is 0.00000100. The van der Waals surface area contributed by atoms with Gasteiger partial charge in [0, 0.05) is 0 Å². The molecule has 0 aromatic carbocycles. The topological polar surface area (TPSA) is 56.6 Å².